The zero-order valence-electron chi connectivity index (χ0n) is 26.5. The van der Waals surface area contributed by atoms with Gasteiger partial charge in [-0.15, -0.1) is 37.2 Å². The molecule has 0 spiro atoms. The van der Waals surface area contributed by atoms with Crippen molar-refractivity contribution in [3.63, 3.8) is 0 Å². The molecule has 3 amide bonds. The number of hydrogen-bond donors (Lipinski definition) is 2. The lowest BCUT2D eigenvalue weighted by molar-refractivity contribution is -0.141. The summed E-state index contributed by atoms with van der Waals surface area (Å²) in [7, 11) is 1.43. The molecule has 270 valence electrons. The van der Waals surface area contributed by atoms with E-state index in [1.807, 2.05) is 0 Å². The minimum Gasteiger partial charge on any atom is -0.339 e. The van der Waals surface area contributed by atoms with Gasteiger partial charge in [-0.1, -0.05) is 17.7 Å². The first kappa shape index (κ1) is 40.5. The standard InChI is InChI=1S/C31H31ClF3N9O3.3ClH/c1-41-25(23-17-44(40-26(23)31(33,34)35)16-18-3-2-6-37-14-18)15-38-27(41)28(45)39-21-4-5-22(24(32)13-21)30(47)43-9-7-42(8-10-43)29(46)19-11-20(36)12-19;;;/h2-6,13-15,17,19-20H,7-12,16,36H2,1H3,(H,39,45);3*1H/t19-,20-;;;. The van der Waals surface area contributed by atoms with E-state index in [4.69, 9.17) is 17.3 Å². The van der Waals surface area contributed by atoms with E-state index in [-0.39, 0.29) is 101 Å². The van der Waals surface area contributed by atoms with Crippen molar-refractivity contribution in [2.45, 2.75) is 31.6 Å². The quantitative estimate of drug-likeness (QED) is 0.271. The van der Waals surface area contributed by atoms with Gasteiger partial charge in [0.15, 0.2) is 11.5 Å². The number of rotatable bonds is 7. The van der Waals surface area contributed by atoms with Crippen LogP contribution in [0, 0.1) is 5.92 Å². The molecule has 4 aromatic rings. The fourth-order valence-corrected chi connectivity index (χ4v) is 6.09. The Bertz CT molecular complexity index is 1820. The van der Waals surface area contributed by atoms with Crippen LogP contribution < -0.4 is 11.1 Å². The van der Waals surface area contributed by atoms with Crippen molar-refractivity contribution in [1.29, 1.82) is 0 Å². The minimum absolute atomic E-state index is 0. The summed E-state index contributed by atoms with van der Waals surface area (Å²) < 4.78 is 44.3. The second kappa shape index (κ2) is 16.4. The third-order valence-electron chi connectivity index (χ3n) is 8.42. The number of hydrogen-bond acceptors (Lipinski definition) is 7. The number of piperazine rings is 1. The Morgan fingerprint density at radius 2 is 1.70 bits per heavy atom. The predicted molar refractivity (Wildman–Crippen MR) is 187 cm³/mol. The summed E-state index contributed by atoms with van der Waals surface area (Å²) in [5.41, 5.74) is 5.66. The van der Waals surface area contributed by atoms with Crippen molar-refractivity contribution in [2.24, 2.45) is 18.7 Å². The topological polar surface area (TPSA) is 144 Å². The highest BCUT2D eigenvalue weighted by Gasteiger charge is 2.39. The van der Waals surface area contributed by atoms with Crippen LogP contribution in [0.4, 0.5) is 18.9 Å². The molecule has 1 saturated heterocycles. The van der Waals surface area contributed by atoms with Crippen molar-refractivity contribution in [1.82, 2.24) is 34.1 Å². The minimum atomic E-state index is -4.76. The Balaban J connectivity index is 0.00000225. The van der Waals surface area contributed by atoms with E-state index in [0.29, 0.717) is 44.6 Å². The molecule has 50 heavy (non-hydrogen) atoms. The molecule has 0 unspecified atom stereocenters. The van der Waals surface area contributed by atoms with Crippen LogP contribution in [-0.2, 0) is 24.6 Å². The van der Waals surface area contributed by atoms with Crippen molar-refractivity contribution in [3.05, 3.63) is 82.8 Å². The fraction of sp³-hybridized carbons (Fsp3) is 0.355. The van der Waals surface area contributed by atoms with E-state index in [9.17, 15) is 27.6 Å². The molecule has 0 atom stereocenters. The van der Waals surface area contributed by atoms with Gasteiger partial charge in [0.1, 0.15) is 0 Å². The molecule has 1 saturated carbocycles. The molecule has 3 aromatic heterocycles. The van der Waals surface area contributed by atoms with Gasteiger partial charge in [-0.2, -0.15) is 18.3 Å². The van der Waals surface area contributed by atoms with Gasteiger partial charge in [0.05, 0.1) is 34.6 Å². The number of nitrogens with one attached hydrogen (secondary N) is 1. The molecule has 2 aliphatic rings. The highest BCUT2D eigenvalue weighted by Crippen LogP contribution is 2.36. The first-order chi connectivity index (χ1) is 22.4. The van der Waals surface area contributed by atoms with E-state index in [1.165, 1.54) is 48.4 Å². The Morgan fingerprint density at radius 3 is 2.30 bits per heavy atom. The normalized spacial score (nSPS) is 17.1. The van der Waals surface area contributed by atoms with Crippen LogP contribution in [0.15, 0.2) is 55.1 Å². The molecule has 0 bridgehead atoms. The number of amides is 3. The number of carbonyl (C=O) groups excluding carboxylic acids is 3. The van der Waals surface area contributed by atoms with Crippen LogP contribution in [0.25, 0.3) is 11.3 Å². The number of halogens is 7. The summed E-state index contributed by atoms with van der Waals surface area (Å²) in [6.07, 6.45) is 2.16. The SMILES string of the molecule is Cl.Cl.Cl.Cn1c(-c2cn(Cc3cccnc3)nc2C(F)(F)F)cnc1C(=O)Nc1ccc(C(=O)N2CCN(C(=O)[C@H]3C[C@H](N)C3)CC2)c(Cl)c1. The number of benzene rings is 1. The average molecular weight is 779 g/mol. The Labute approximate surface area is 308 Å². The molecule has 6 rings (SSSR count). The van der Waals surface area contributed by atoms with Crippen LogP contribution in [0.2, 0.25) is 5.02 Å². The molecule has 12 nitrogen and oxygen atoms in total. The summed E-state index contributed by atoms with van der Waals surface area (Å²) in [6, 6.07) is 7.89. The van der Waals surface area contributed by atoms with Crippen LogP contribution in [0.1, 0.15) is 45.1 Å². The molecule has 1 aromatic carbocycles. The van der Waals surface area contributed by atoms with Gasteiger partial charge >= 0.3 is 6.18 Å². The van der Waals surface area contributed by atoms with E-state index in [2.05, 4.69) is 20.4 Å². The lowest BCUT2D eigenvalue weighted by Gasteiger charge is -2.40. The van der Waals surface area contributed by atoms with Gasteiger partial charge < -0.3 is 25.4 Å². The van der Waals surface area contributed by atoms with Crippen molar-refractivity contribution in [2.75, 3.05) is 31.5 Å². The monoisotopic (exact) mass is 777 g/mol. The van der Waals surface area contributed by atoms with Crippen molar-refractivity contribution >= 4 is 72.2 Å². The van der Waals surface area contributed by atoms with Crippen LogP contribution in [-0.4, -0.2) is 84.1 Å². The molecule has 3 N–H and O–H groups in total. The van der Waals surface area contributed by atoms with E-state index >= 15 is 0 Å². The second-order valence-corrected chi connectivity index (χ2v) is 12.1. The van der Waals surface area contributed by atoms with E-state index in [1.54, 1.807) is 28.1 Å². The summed E-state index contributed by atoms with van der Waals surface area (Å²) in [6.45, 7) is 1.62. The molecule has 19 heteroatoms. The van der Waals surface area contributed by atoms with Crippen LogP contribution in [0.5, 0.6) is 0 Å². The predicted octanol–water partition coefficient (Wildman–Crippen LogP) is 4.94. The second-order valence-electron chi connectivity index (χ2n) is 11.7. The fourth-order valence-electron chi connectivity index (χ4n) is 5.82. The number of anilines is 1. The molecule has 1 aliphatic carbocycles. The highest BCUT2D eigenvalue weighted by molar-refractivity contribution is 6.34. The zero-order valence-corrected chi connectivity index (χ0v) is 29.7. The van der Waals surface area contributed by atoms with Crippen molar-refractivity contribution in [3.8, 4) is 11.3 Å². The highest BCUT2D eigenvalue weighted by atomic mass is 35.5. The van der Waals surface area contributed by atoms with Gasteiger partial charge in [0.2, 0.25) is 5.91 Å². The number of imidazole rings is 1. The van der Waals surface area contributed by atoms with E-state index < -0.39 is 17.8 Å². The number of nitrogens with two attached hydrogens (primary N) is 1. The molecule has 2 fully saturated rings. The third-order valence-corrected chi connectivity index (χ3v) is 8.74. The molecule has 4 heterocycles. The number of alkyl halides is 3. The Morgan fingerprint density at radius 1 is 1.02 bits per heavy atom. The molecule has 1 aliphatic heterocycles. The summed E-state index contributed by atoms with van der Waals surface area (Å²) in [4.78, 5) is 50.5. The Kier molecular flexibility index (Phi) is 13.3. The van der Waals surface area contributed by atoms with Gasteiger partial charge in [0, 0.05) is 69.5 Å². The number of nitrogens with zero attached hydrogens (tertiary/aromatic N) is 7. The maximum atomic E-state index is 14.0. The summed E-state index contributed by atoms with van der Waals surface area (Å²) in [5, 5.41) is 6.51. The van der Waals surface area contributed by atoms with Gasteiger partial charge in [-0.25, -0.2) is 4.98 Å². The van der Waals surface area contributed by atoms with Crippen LogP contribution in [0.3, 0.4) is 0 Å². The Hall–Kier alpha value is -3.89. The van der Waals surface area contributed by atoms with E-state index in [0.717, 1.165) is 4.68 Å². The first-order valence-electron chi connectivity index (χ1n) is 14.9. The molecule has 0 radical (unpaired) electrons. The maximum absolute atomic E-state index is 14.0. The first-order valence-corrected chi connectivity index (χ1v) is 15.3. The largest absolute Gasteiger partial charge is 0.435 e. The zero-order chi connectivity index (χ0) is 33.5. The van der Waals surface area contributed by atoms with Gasteiger partial charge in [-0.3, -0.25) is 24.0 Å². The number of carbonyl (C=O) groups is 3. The number of pyridine rings is 1. The lowest BCUT2D eigenvalue weighted by Crippen LogP contribution is -2.54. The smallest absolute Gasteiger partial charge is 0.339 e. The molecular formula is C31H34Cl4F3N9O3. The summed E-state index contributed by atoms with van der Waals surface area (Å²) in [5.74, 6) is -1.11. The van der Waals surface area contributed by atoms with Gasteiger partial charge in [-0.05, 0) is 42.7 Å². The van der Waals surface area contributed by atoms with Crippen LogP contribution >= 0.6 is 48.8 Å². The number of aromatic nitrogens is 5. The average Bonchev–Trinajstić information content (AvgIpc) is 3.63. The third kappa shape index (κ3) is 8.52. The van der Waals surface area contributed by atoms with Crippen molar-refractivity contribution < 1.29 is 27.6 Å². The molecular weight excluding hydrogens is 745 g/mol. The lowest BCUT2D eigenvalue weighted by atomic mass is 9.80. The summed E-state index contributed by atoms with van der Waals surface area (Å²) >= 11 is 6.45. The van der Waals surface area contributed by atoms with Gasteiger partial charge in [0.25, 0.3) is 11.8 Å². The maximum Gasteiger partial charge on any atom is 0.435 e.